The molecule has 0 amide bonds. The first-order valence-electron chi connectivity index (χ1n) is 19.7. The van der Waals surface area contributed by atoms with Gasteiger partial charge >= 0.3 is 6.01 Å². The fourth-order valence-corrected chi connectivity index (χ4v) is 11.9. The van der Waals surface area contributed by atoms with Crippen LogP contribution in [0.2, 0.25) is 0 Å². The van der Waals surface area contributed by atoms with Crippen LogP contribution in [0.1, 0.15) is 71.3 Å². The molecule has 4 aromatic rings. The number of aromatic nitrogens is 3. The van der Waals surface area contributed by atoms with E-state index in [-0.39, 0.29) is 47.1 Å². The first-order valence-corrected chi connectivity index (χ1v) is 21.2. The number of pyridine rings is 1. The van der Waals surface area contributed by atoms with Crippen LogP contribution in [0.5, 0.6) is 11.8 Å². The van der Waals surface area contributed by atoms with Gasteiger partial charge in [-0.15, -0.1) is 0 Å². The van der Waals surface area contributed by atoms with Crippen molar-refractivity contribution >= 4 is 38.3 Å². The van der Waals surface area contributed by atoms with Crippen LogP contribution >= 0.6 is 0 Å². The van der Waals surface area contributed by atoms with Crippen molar-refractivity contribution in [1.29, 1.82) is 0 Å². The lowest BCUT2D eigenvalue weighted by molar-refractivity contribution is -0.0719. The molecule has 3 aliphatic heterocycles. The van der Waals surface area contributed by atoms with Crippen LogP contribution in [0.3, 0.4) is 0 Å². The highest BCUT2D eigenvalue weighted by Crippen LogP contribution is 2.55. The van der Waals surface area contributed by atoms with Gasteiger partial charge in [0, 0.05) is 64.7 Å². The molecule has 290 valence electrons. The van der Waals surface area contributed by atoms with Crippen molar-refractivity contribution in [1.82, 2.24) is 19.9 Å². The van der Waals surface area contributed by atoms with Gasteiger partial charge < -0.3 is 24.6 Å². The fraction of sp³-hybridized carbons (Fsp3) is 0.585. The van der Waals surface area contributed by atoms with Crippen molar-refractivity contribution in [2.24, 2.45) is 10.8 Å². The highest BCUT2D eigenvalue weighted by molar-refractivity contribution is 7.86. The van der Waals surface area contributed by atoms with Crippen molar-refractivity contribution in [3.63, 3.8) is 0 Å². The van der Waals surface area contributed by atoms with E-state index < -0.39 is 28.5 Å². The Balaban J connectivity index is 0.00000203. The Morgan fingerprint density at radius 1 is 1.09 bits per heavy atom. The number of aliphatic hydroxyl groups excluding tert-OH is 1. The quantitative estimate of drug-likeness (QED) is 0.215. The summed E-state index contributed by atoms with van der Waals surface area (Å²) in [5.41, 5.74) is 0.839. The second-order valence-corrected chi connectivity index (χ2v) is 17.3. The van der Waals surface area contributed by atoms with E-state index in [0.717, 1.165) is 63.0 Å². The number of aryl methyl sites for hydroxylation is 1. The highest BCUT2D eigenvalue weighted by atomic mass is 32.2. The molecule has 9 rings (SSSR count). The molecule has 3 saturated heterocycles. The minimum Gasteiger partial charge on any atom is -0.508 e. The van der Waals surface area contributed by atoms with Crippen LogP contribution < -0.4 is 9.64 Å². The molecule has 54 heavy (non-hydrogen) atoms. The lowest BCUT2D eigenvalue weighted by Crippen LogP contribution is -2.65. The van der Waals surface area contributed by atoms with Crippen molar-refractivity contribution in [3.8, 4) is 23.0 Å². The normalized spacial score (nSPS) is 29.6. The lowest BCUT2D eigenvalue weighted by atomic mass is 9.64. The van der Waals surface area contributed by atoms with E-state index in [1.54, 1.807) is 6.07 Å². The number of ether oxygens (including phenoxy) is 2. The SMILES string of the molecule is CC.CCc1c(F)ccc2cc(O)cc(-c3ncc4c(N5CCOCC(O)C5)nc(OCC56CCCC5N(C5CC7(C5)CS(=O)C7)CCC6)nc4c3F)c12. The number of piperidine rings is 1. The standard InChI is InChI=1S/C39H45F2N5O5S.C2H6/c1-2-27-30(40)7-6-23-13-25(47)14-28(32(23)27)34-33(41)35-29(17-42-34)36(45-11-12-50-19-26(48)18-45)44-37(43-35)51-20-39-8-3-5-31(39)46(10-4-9-39)24-15-38(16-24)21-52(49)22-38;1-2/h6-7,13-14,17,24,26,31,47-48H,2-5,8-12,15-16,18-22H2,1H3;1-2H3. The molecule has 0 bridgehead atoms. The van der Waals surface area contributed by atoms with E-state index in [4.69, 9.17) is 19.4 Å². The summed E-state index contributed by atoms with van der Waals surface area (Å²) < 4.78 is 56.2. The Labute approximate surface area is 317 Å². The zero-order valence-electron chi connectivity index (χ0n) is 31.5. The molecular weight excluding hydrogens is 713 g/mol. The summed E-state index contributed by atoms with van der Waals surface area (Å²) in [4.78, 5) is 18.7. The summed E-state index contributed by atoms with van der Waals surface area (Å²) >= 11 is 0. The number of hydrogen-bond donors (Lipinski definition) is 2. The Kier molecular flexibility index (Phi) is 10.3. The summed E-state index contributed by atoms with van der Waals surface area (Å²) in [5, 5.41) is 22.7. The topological polar surface area (TPSA) is 121 Å². The number of nitrogens with zero attached hydrogens (tertiary/aromatic N) is 5. The monoisotopic (exact) mass is 763 g/mol. The predicted molar refractivity (Wildman–Crippen MR) is 206 cm³/mol. The van der Waals surface area contributed by atoms with Crippen LogP contribution in [0.25, 0.3) is 32.9 Å². The zero-order valence-corrected chi connectivity index (χ0v) is 32.3. The van der Waals surface area contributed by atoms with E-state index in [1.165, 1.54) is 24.4 Å². The number of β-amino-alcohol motifs (C(OH)–C–C–N with tert-alkyl or cyclic N) is 1. The van der Waals surface area contributed by atoms with E-state index in [2.05, 4.69) is 9.88 Å². The number of phenols is 1. The number of benzene rings is 2. The molecule has 10 nitrogen and oxygen atoms in total. The third kappa shape index (κ3) is 6.52. The Hall–Kier alpha value is -3.52. The van der Waals surface area contributed by atoms with Gasteiger partial charge in [-0.05, 0) is 91.4 Å². The second kappa shape index (κ2) is 14.9. The maximum Gasteiger partial charge on any atom is 0.319 e. The molecule has 2 aromatic carbocycles. The fourth-order valence-electron chi connectivity index (χ4n) is 10.2. The minimum absolute atomic E-state index is 0.000931. The third-order valence-electron chi connectivity index (χ3n) is 12.5. The molecular formula is C41H51F2N5O5S. The average molecular weight is 764 g/mol. The smallest absolute Gasteiger partial charge is 0.319 e. The Morgan fingerprint density at radius 3 is 2.67 bits per heavy atom. The molecule has 2 aliphatic carbocycles. The van der Waals surface area contributed by atoms with Crippen LogP contribution in [0.15, 0.2) is 30.5 Å². The van der Waals surface area contributed by atoms with Gasteiger partial charge in [-0.2, -0.15) is 9.97 Å². The number of rotatable bonds is 7. The molecule has 1 spiro atoms. The summed E-state index contributed by atoms with van der Waals surface area (Å²) in [7, 11) is -0.643. The van der Waals surface area contributed by atoms with E-state index >= 15 is 8.78 Å². The number of phenolic OH excluding ortho intramolecular Hbond substituents is 1. The average Bonchev–Trinajstić information content (AvgIpc) is 3.46. The lowest BCUT2D eigenvalue weighted by Gasteiger charge is -2.60. The summed E-state index contributed by atoms with van der Waals surface area (Å²) in [6.45, 7) is 8.49. The zero-order chi connectivity index (χ0) is 37.8. The molecule has 3 atom stereocenters. The number of hydrogen-bond acceptors (Lipinski definition) is 10. The van der Waals surface area contributed by atoms with E-state index in [0.29, 0.717) is 71.2 Å². The van der Waals surface area contributed by atoms with Crippen LogP contribution in [0, 0.1) is 22.5 Å². The minimum atomic E-state index is -0.771. The van der Waals surface area contributed by atoms with Gasteiger partial charge in [0.05, 0.1) is 31.3 Å². The molecule has 3 unspecified atom stereocenters. The maximum absolute atomic E-state index is 17.0. The summed E-state index contributed by atoms with van der Waals surface area (Å²) in [6.07, 6.45) is 8.74. The molecule has 2 N–H and O–H groups in total. The molecule has 2 aromatic heterocycles. The Morgan fingerprint density at radius 2 is 1.89 bits per heavy atom. The van der Waals surface area contributed by atoms with Gasteiger partial charge in [-0.1, -0.05) is 33.3 Å². The number of aromatic hydroxyl groups is 1. The van der Waals surface area contributed by atoms with E-state index in [1.807, 2.05) is 25.7 Å². The molecule has 5 aliphatic rings. The molecule has 0 radical (unpaired) electrons. The number of fused-ring (bicyclic) bond motifs is 3. The van der Waals surface area contributed by atoms with E-state index in [9.17, 15) is 14.4 Å². The van der Waals surface area contributed by atoms with Gasteiger partial charge in [0.15, 0.2) is 5.82 Å². The van der Waals surface area contributed by atoms with Crippen LogP contribution in [-0.4, -0.2) is 103 Å². The molecule has 5 heterocycles. The number of aliphatic hydroxyl groups is 1. The van der Waals surface area contributed by atoms with Gasteiger partial charge in [-0.3, -0.25) is 14.1 Å². The van der Waals surface area contributed by atoms with Gasteiger partial charge in [0.2, 0.25) is 0 Å². The molecule has 2 saturated carbocycles. The van der Waals surface area contributed by atoms with Gasteiger partial charge in [-0.25, -0.2) is 8.78 Å². The summed E-state index contributed by atoms with van der Waals surface area (Å²) in [6, 6.07) is 6.85. The number of likely N-dealkylation sites (tertiary alicyclic amines) is 1. The first-order chi connectivity index (χ1) is 26.2. The summed E-state index contributed by atoms with van der Waals surface area (Å²) in [5.74, 6) is 0.871. The first kappa shape index (κ1) is 37.4. The number of anilines is 1. The van der Waals surface area contributed by atoms with Crippen molar-refractivity contribution in [3.05, 3.63) is 47.7 Å². The largest absolute Gasteiger partial charge is 0.508 e. The molecule has 13 heteroatoms. The Bertz CT molecular complexity index is 2070. The number of halogens is 2. The maximum atomic E-state index is 17.0. The van der Waals surface area contributed by atoms with Crippen molar-refractivity contribution < 1.29 is 32.7 Å². The van der Waals surface area contributed by atoms with Crippen molar-refractivity contribution in [2.45, 2.75) is 90.3 Å². The van der Waals surface area contributed by atoms with Crippen molar-refractivity contribution in [2.75, 3.05) is 55.9 Å². The van der Waals surface area contributed by atoms with Gasteiger partial charge in [0.1, 0.15) is 28.6 Å². The predicted octanol–water partition coefficient (Wildman–Crippen LogP) is 6.54. The van der Waals surface area contributed by atoms with Gasteiger partial charge in [0.25, 0.3) is 0 Å². The highest BCUT2D eigenvalue weighted by Gasteiger charge is 2.58. The van der Waals surface area contributed by atoms with Crippen LogP contribution in [0.4, 0.5) is 14.6 Å². The van der Waals surface area contributed by atoms with Crippen LogP contribution in [-0.2, 0) is 22.0 Å². The second-order valence-electron chi connectivity index (χ2n) is 15.8. The third-order valence-corrected chi connectivity index (χ3v) is 14.4. The molecule has 5 fully saturated rings.